The van der Waals surface area contributed by atoms with Gasteiger partial charge >= 0.3 is 0 Å². The van der Waals surface area contributed by atoms with Crippen LogP contribution in [0.1, 0.15) is 36.7 Å². The molecule has 1 aromatic heterocycles. The number of anilines is 1. The SMILES string of the molecule is CCSC1CCC(NC(=O)c2cncc(NN)n2)C1. The first-order valence-electron chi connectivity index (χ1n) is 6.44. The molecule has 0 aromatic carbocycles. The van der Waals surface area contributed by atoms with E-state index in [1.807, 2.05) is 11.8 Å². The van der Waals surface area contributed by atoms with E-state index in [-0.39, 0.29) is 11.9 Å². The lowest BCUT2D eigenvalue weighted by Gasteiger charge is -2.12. The number of nitrogens with zero attached hydrogens (tertiary/aromatic N) is 2. The summed E-state index contributed by atoms with van der Waals surface area (Å²) in [5.74, 6) is 6.58. The average Bonchev–Trinajstić information content (AvgIpc) is 2.86. The minimum Gasteiger partial charge on any atom is -0.348 e. The molecule has 1 aromatic rings. The molecule has 2 atom stereocenters. The Morgan fingerprint density at radius 2 is 2.37 bits per heavy atom. The largest absolute Gasteiger partial charge is 0.348 e. The second-order valence-electron chi connectivity index (χ2n) is 4.49. The van der Waals surface area contributed by atoms with Gasteiger partial charge in [-0.25, -0.2) is 10.8 Å². The summed E-state index contributed by atoms with van der Waals surface area (Å²) in [7, 11) is 0. The molecule has 0 saturated heterocycles. The number of aromatic nitrogens is 2. The summed E-state index contributed by atoms with van der Waals surface area (Å²) in [5.41, 5.74) is 2.68. The first-order valence-corrected chi connectivity index (χ1v) is 7.49. The van der Waals surface area contributed by atoms with E-state index in [0.717, 1.165) is 18.6 Å². The van der Waals surface area contributed by atoms with Gasteiger partial charge in [-0.2, -0.15) is 11.8 Å². The molecule has 0 aliphatic heterocycles. The molecule has 104 valence electrons. The second-order valence-corrected chi connectivity index (χ2v) is 6.07. The van der Waals surface area contributed by atoms with Crippen molar-refractivity contribution in [3.63, 3.8) is 0 Å². The summed E-state index contributed by atoms with van der Waals surface area (Å²) in [6, 6.07) is 0.243. The molecule has 1 aliphatic rings. The quantitative estimate of drug-likeness (QED) is 0.554. The molecule has 19 heavy (non-hydrogen) atoms. The van der Waals surface area contributed by atoms with Gasteiger partial charge in [0, 0.05) is 11.3 Å². The third-order valence-corrected chi connectivity index (χ3v) is 4.37. The zero-order chi connectivity index (χ0) is 13.7. The number of nitrogens with two attached hydrogens (primary N) is 1. The highest BCUT2D eigenvalue weighted by Gasteiger charge is 2.26. The smallest absolute Gasteiger partial charge is 0.271 e. The topological polar surface area (TPSA) is 92.9 Å². The van der Waals surface area contributed by atoms with Crippen LogP contribution in [0, 0.1) is 0 Å². The minimum atomic E-state index is -0.184. The molecule has 1 aliphatic carbocycles. The Morgan fingerprint density at radius 1 is 1.53 bits per heavy atom. The molecule has 2 rings (SSSR count). The van der Waals surface area contributed by atoms with Gasteiger partial charge in [0.1, 0.15) is 5.69 Å². The van der Waals surface area contributed by atoms with Crippen LogP contribution in [0.5, 0.6) is 0 Å². The fraction of sp³-hybridized carbons (Fsp3) is 0.583. The maximum absolute atomic E-state index is 12.0. The normalized spacial score (nSPS) is 22.2. The number of hydrogen-bond donors (Lipinski definition) is 3. The number of thioether (sulfide) groups is 1. The van der Waals surface area contributed by atoms with Crippen LogP contribution in [0.4, 0.5) is 5.82 Å². The summed E-state index contributed by atoms with van der Waals surface area (Å²) in [6.45, 7) is 2.16. The average molecular weight is 281 g/mol. The number of nitrogen functional groups attached to an aromatic ring is 1. The molecule has 0 bridgehead atoms. The summed E-state index contributed by atoms with van der Waals surface area (Å²) >= 11 is 1.97. The van der Waals surface area contributed by atoms with Gasteiger partial charge in [-0.05, 0) is 25.0 Å². The van der Waals surface area contributed by atoms with Crippen molar-refractivity contribution in [1.82, 2.24) is 15.3 Å². The van der Waals surface area contributed by atoms with Gasteiger partial charge in [0.05, 0.1) is 12.4 Å². The summed E-state index contributed by atoms with van der Waals surface area (Å²) in [4.78, 5) is 20.0. The number of rotatable bonds is 5. The number of hydrogen-bond acceptors (Lipinski definition) is 6. The zero-order valence-corrected chi connectivity index (χ0v) is 11.7. The van der Waals surface area contributed by atoms with Gasteiger partial charge in [0.25, 0.3) is 5.91 Å². The van der Waals surface area contributed by atoms with Crippen LogP contribution in [0.15, 0.2) is 12.4 Å². The van der Waals surface area contributed by atoms with Gasteiger partial charge in [0.15, 0.2) is 5.82 Å². The van der Waals surface area contributed by atoms with E-state index < -0.39 is 0 Å². The van der Waals surface area contributed by atoms with Crippen LogP contribution in [0.2, 0.25) is 0 Å². The van der Waals surface area contributed by atoms with Crippen molar-refractivity contribution in [2.75, 3.05) is 11.2 Å². The maximum atomic E-state index is 12.0. The van der Waals surface area contributed by atoms with Crippen molar-refractivity contribution in [3.8, 4) is 0 Å². The molecule has 7 heteroatoms. The van der Waals surface area contributed by atoms with Crippen molar-refractivity contribution in [1.29, 1.82) is 0 Å². The standard InChI is InChI=1S/C12H19N5OS/c1-2-19-9-4-3-8(5-9)15-12(18)10-6-14-7-11(16-10)17-13/h6-9H,2-5,13H2,1H3,(H,15,18)(H,16,17). The van der Waals surface area contributed by atoms with E-state index in [1.165, 1.54) is 18.8 Å². The fourth-order valence-electron chi connectivity index (χ4n) is 2.26. The van der Waals surface area contributed by atoms with Crippen molar-refractivity contribution in [2.24, 2.45) is 5.84 Å². The summed E-state index contributed by atoms with van der Waals surface area (Å²) < 4.78 is 0. The van der Waals surface area contributed by atoms with Crippen molar-refractivity contribution in [3.05, 3.63) is 18.1 Å². The van der Waals surface area contributed by atoms with Gasteiger partial charge in [0.2, 0.25) is 0 Å². The van der Waals surface area contributed by atoms with Crippen molar-refractivity contribution in [2.45, 2.75) is 37.5 Å². The molecule has 1 saturated carbocycles. The van der Waals surface area contributed by atoms with Crippen molar-refractivity contribution < 1.29 is 4.79 Å². The molecule has 0 spiro atoms. The highest BCUT2D eigenvalue weighted by Crippen LogP contribution is 2.29. The lowest BCUT2D eigenvalue weighted by Crippen LogP contribution is -2.34. The third kappa shape index (κ3) is 3.81. The first-order chi connectivity index (χ1) is 9.22. The molecule has 6 nitrogen and oxygen atoms in total. The van der Waals surface area contributed by atoms with Gasteiger partial charge in [-0.1, -0.05) is 6.92 Å². The summed E-state index contributed by atoms with van der Waals surface area (Å²) in [6.07, 6.45) is 6.15. The monoisotopic (exact) mass is 281 g/mol. The lowest BCUT2D eigenvalue weighted by molar-refractivity contribution is 0.0932. The van der Waals surface area contributed by atoms with Crippen molar-refractivity contribution >= 4 is 23.5 Å². The van der Waals surface area contributed by atoms with E-state index in [2.05, 4.69) is 27.6 Å². The highest BCUT2D eigenvalue weighted by molar-refractivity contribution is 7.99. The summed E-state index contributed by atoms with van der Waals surface area (Å²) in [5, 5.41) is 3.68. The molecular weight excluding hydrogens is 262 g/mol. The van der Waals surface area contributed by atoms with E-state index in [0.29, 0.717) is 16.8 Å². The number of carbonyl (C=O) groups excluding carboxylic acids is 1. The molecule has 1 heterocycles. The maximum Gasteiger partial charge on any atom is 0.271 e. The number of carbonyl (C=O) groups is 1. The Hall–Kier alpha value is -1.34. The molecule has 1 amide bonds. The Labute approximate surface area is 116 Å². The zero-order valence-electron chi connectivity index (χ0n) is 10.9. The number of hydrazine groups is 1. The first kappa shape index (κ1) is 14.1. The van der Waals surface area contributed by atoms with E-state index >= 15 is 0 Å². The van der Waals surface area contributed by atoms with Crippen LogP contribution in [-0.2, 0) is 0 Å². The van der Waals surface area contributed by atoms with Crippen LogP contribution in [-0.4, -0.2) is 32.9 Å². The predicted molar refractivity (Wildman–Crippen MR) is 76.9 cm³/mol. The lowest BCUT2D eigenvalue weighted by atomic mass is 10.2. The Balaban J connectivity index is 1.90. The van der Waals surface area contributed by atoms with Crippen LogP contribution < -0.4 is 16.6 Å². The Bertz CT molecular complexity index is 442. The minimum absolute atomic E-state index is 0.184. The molecule has 2 unspecified atom stereocenters. The van der Waals surface area contributed by atoms with Gasteiger partial charge < -0.3 is 10.7 Å². The Morgan fingerprint density at radius 3 is 3.11 bits per heavy atom. The molecule has 4 N–H and O–H groups in total. The number of amides is 1. The van der Waals surface area contributed by atoms with E-state index in [1.54, 1.807) is 0 Å². The van der Waals surface area contributed by atoms with Crippen LogP contribution in [0.3, 0.4) is 0 Å². The molecular formula is C12H19N5OS. The second kappa shape index (κ2) is 6.72. The molecule has 0 radical (unpaired) electrons. The molecule has 1 fully saturated rings. The predicted octanol–water partition coefficient (Wildman–Crippen LogP) is 1.17. The van der Waals surface area contributed by atoms with Gasteiger partial charge in [-0.3, -0.25) is 9.78 Å². The van der Waals surface area contributed by atoms with Crippen LogP contribution in [0.25, 0.3) is 0 Å². The van der Waals surface area contributed by atoms with E-state index in [9.17, 15) is 4.79 Å². The fourth-order valence-corrected chi connectivity index (χ4v) is 3.41. The number of nitrogens with one attached hydrogen (secondary N) is 2. The van der Waals surface area contributed by atoms with E-state index in [4.69, 9.17) is 5.84 Å². The third-order valence-electron chi connectivity index (χ3n) is 3.14. The Kier molecular flexibility index (Phi) is 4.98. The highest BCUT2D eigenvalue weighted by atomic mass is 32.2. The van der Waals surface area contributed by atoms with Crippen LogP contribution >= 0.6 is 11.8 Å². The van der Waals surface area contributed by atoms with Gasteiger partial charge in [-0.15, -0.1) is 0 Å².